The van der Waals surface area contributed by atoms with Gasteiger partial charge in [-0.2, -0.15) is 0 Å². The van der Waals surface area contributed by atoms with Crippen molar-refractivity contribution in [1.82, 2.24) is 0 Å². The summed E-state index contributed by atoms with van der Waals surface area (Å²) in [7, 11) is 0. The fraction of sp³-hybridized carbons (Fsp3) is 0.250. The molecule has 2 aromatic carbocycles. The normalized spacial score (nSPS) is 15.3. The molecular formula is C16H13BrClF. The van der Waals surface area contributed by atoms with Crippen molar-refractivity contribution in [2.45, 2.75) is 24.1 Å². The maximum absolute atomic E-state index is 13.5. The van der Waals surface area contributed by atoms with E-state index in [-0.39, 0.29) is 15.7 Å². The van der Waals surface area contributed by atoms with Crippen LogP contribution in [-0.2, 0) is 12.8 Å². The second-order valence-corrected chi connectivity index (χ2v) is 6.24. The Balaban J connectivity index is 1.94. The lowest BCUT2D eigenvalue weighted by atomic mass is 10.0. The summed E-state index contributed by atoms with van der Waals surface area (Å²) in [5.74, 6) is -0.371. The van der Waals surface area contributed by atoms with Crippen LogP contribution in [-0.4, -0.2) is 0 Å². The summed E-state index contributed by atoms with van der Waals surface area (Å²) in [6.45, 7) is 0. The average molecular weight is 340 g/mol. The van der Waals surface area contributed by atoms with Gasteiger partial charge in [0.2, 0.25) is 0 Å². The van der Waals surface area contributed by atoms with Gasteiger partial charge in [-0.25, -0.2) is 4.39 Å². The second-order valence-electron chi connectivity index (χ2n) is 4.92. The molecule has 0 N–H and O–H groups in total. The van der Waals surface area contributed by atoms with Crippen LogP contribution in [0.1, 0.15) is 33.5 Å². The molecule has 0 aliphatic heterocycles. The first-order valence-corrected chi connectivity index (χ1v) is 7.65. The molecule has 1 atom stereocenters. The lowest BCUT2D eigenvalue weighted by molar-refractivity contribution is 0.626. The summed E-state index contributed by atoms with van der Waals surface area (Å²) in [5, 5.41) is 0.164. The van der Waals surface area contributed by atoms with Crippen molar-refractivity contribution < 1.29 is 4.39 Å². The van der Waals surface area contributed by atoms with Gasteiger partial charge in [0.05, 0.1) is 9.85 Å². The van der Waals surface area contributed by atoms with Crippen molar-refractivity contribution in [3.63, 3.8) is 0 Å². The number of benzene rings is 2. The zero-order chi connectivity index (χ0) is 13.4. The first kappa shape index (κ1) is 13.1. The Hall–Kier alpha value is -0.860. The molecule has 1 aliphatic carbocycles. The minimum atomic E-state index is -0.371. The highest BCUT2D eigenvalue weighted by Crippen LogP contribution is 2.34. The fourth-order valence-corrected chi connectivity index (χ4v) is 3.30. The second kappa shape index (κ2) is 5.26. The molecule has 0 nitrogen and oxygen atoms in total. The standard InChI is InChI=1S/C16H13BrClF/c17-16(13-6-7-14(18)15(19)9-13)12-5-4-10-2-1-3-11(10)8-12/h4-9,16H,1-3H2. The summed E-state index contributed by atoms with van der Waals surface area (Å²) in [5.41, 5.74) is 4.93. The number of halogens is 3. The quantitative estimate of drug-likeness (QED) is 0.638. The first-order valence-electron chi connectivity index (χ1n) is 6.36. The molecule has 1 unspecified atom stereocenters. The average Bonchev–Trinajstić information content (AvgIpc) is 2.88. The fourth-order valence-electron chi connectivity index (χ4n) is 2.61. The molecule has 0 spiro atoms. The van der Waals surface area contributed by atoms with E-state index in [4.69, 9.17) is 11.6 Å². The Morgan fingerprint density at radius 2 is 1.68 bits per heavy atom. The largest absolute Gasteiger partial charge is 0.205 e. The molecule has 0 saturated heterocycles. The van der Waals surface area contributed by atoms with E-state index in [2.05, 4.69) is 34.1 Å². The van der Waals surface area contributed by atoms with Gasteiger partial charge in [-0.15, -0.1) is 0 Å². The van der Waals surface area contributed by atoms with Crippen molar-refractivity contribution in [2.24, 2.45) is 0 Å². The summed E-state index contributed by atoms with van der Waals surface area (Å²) in [4.78, 5) is 0.00478. The Labute approximate surface area is 125 Å². The number of hydrogen-bond donors (Lipinski definition) is 0. The van der Waals surface area contributed by atoms with Crippen LogP contribution in [0.4, 0.5) is 4.39 Å². The molecule has 98 valence electrons. The lowest BCUT2D eigenvalue weighted by Crippen LogP contribution is -1.95. The van der Waals surface area contributed by atoms with Crippen molar-refractivity contribution in [3.05, 3.63) is 69.5 Å². The molecular weight excluding hydrogens is 327 g/mol. The molecule has 2 aromatic rings. The first-order chi connectivity index (χ1) is 9.15. The molecule has 0 aromatic heterocycles. The topological polar surface area (TPSA) is 0 Å². The number of aryl methyl sites for hydroxylation is 2. The van der Waals surface area contributed by atoms with Crippen LogP contribution < -0.4 is 0 Å². The van der Waals surface area contributed by atoms with Gasteiger partial charge in [0, 0.05) is 0 Å². The van der Waals surface area contributed by atoms with Gasteiger partial charge >= 0.3 is 0 Å². The van der Waals surface area contributed by atoms with E-state index in [1.54, 1.807) is 6.07 Å². The highest BCUT2D eigenvalue weighted by molar-refractivity contribution is 9.09. The summed E-state index contributed by atoms with van der Waals surface area (Å²) in [6.07, 6.45) is 3.57. The van der Waals surface area contributed by atoms with Crippen LogP contribution in [0.15, 0.2) is 36.4 Å². The third kappa shape index (κ3) is 2.56. The molecule has 19 heavy (non-hydrogen) atoms. The molecule has 0 heterocycles. The number of rotatable bonds is 2. The maximum Gasteiger partial charge on any atom is 0.142 e. The Kier molecular flexibility index (Phi) is 3.64. The molecule has 0 radical (unpaired) electrons. The lowest BCUT2D eigenvalue weighted by Gasteiger charge is -2.13. The minimum absolute atomic E-state index is 0.00478. The number of alkyl halides is 1. The predicted octanol–water partition coefficient (Wildman–Crippen LogP) is 5.45. The van der Waals surface area contributed by atoms with Crippen molar-refractivity contribution in [2.75, 3.05) is 0 Å². The van der Waals surface area contributed by atoms with E-state index in [1.807, 2.05) is 6.07 Å². The summed E-state index contributed by atoms with van der Waals surface area (Å²) < 4.78 is 13.5. The van der Waals surface area contributed by atoms with Gasteiger partial charge in [-0.05, 0) is 53.6 Å². The van der Waals surface area contributed by atoms with Gasteiger partial charge in [-0.1, -0.05) is 51.8 Å². The van der Waals surface area contributed by atoms with Gasteiger partial charge in [0.15, 0.2) is 0 Å². The van der Waals surface area contributed by atoms with Crippen LogP contribution in [0.25, 0.3) is 0 Å². The predicted molar refractivity (Wildman–Crippen MR) is 80.6 cm³/mol. The van der Waals surface area contributed by atoms with E-state index in [0.29, 0.717) is 0 Å². The smallest absolute Gasteiger partial charge is 0.142 e. The molecule has 3 heteroatoms. The van der Waals surface area contributed by atoms with E-state index in [1.165, 1.54) is 35.6 Å². The molecule has 1 aliphatic rings. The summed E-state index contributed by atoms with van der Waals surface area (Å²) >= 11 is 9.37. The zero-order valence-electron chi connectivity index (χ0n) is 10.3. The van der Waals surface area contributed by atoms with E-state index < -0.39 is 0 Å². The summed E-state index contributed by atoms with van der Waals surface area (Å²) in [6, 6.07) is 11.5. The minimum Gasteiger partial charge on any atom is -0.205 e. The zero-order valence-corrected chi connectivity index (χ0v) is 12.6. The van der Waals surface area contributed by atoms with Gasteiger partial charge in [-0.3, -0.25) is 0 Å². The highest BCUT2D eigenvalue weighted by atomic mass is 79.9. The third-order valence-electron chi connectivity index (χ3n) is 3.65. The van der Waals surface area contributed by atoms with Gasteiger partial charge < -0.3 is 0 Å². The van der Waals surface area contributed by atoms with Gasteiger partial charge in [0.25, 0.3) is 0 Å². The van der Waals surface area contributed by atoms with Crippen LogP contribution in [0.2, 0.25) is 5.02 Å². The Bertz CT molecular complexity index is 624. The maximum atomic E-state index is 13.5. The Morgan fingerprint density at radius 1 is 1.00 bits per heavy atom. The van der Waals surface area contributed by atoms with E-state index >= 15 is 0 Å². The SMILES string of the molecule is Fc1cc(C(Br)c2ccc3c(c2)CCC3)ccc1Cl. The van der Waals surface area contributed by atoms with Gasteiger partial charge in [0.1, 0.15) is 5.82 Å². The van der Waals surface area contributed by atoms with E-state index in [0.717, 1.165) is 12.0 Å². The molecule has 0 fully saturated rings. The molecule has 0 saturated carbocycles. The highest BCUT2D eigenvalue weighted by Gasteiger charge is 2.16. The van der Waals surface area contributed by atoms with Crippen molar-refractivity contribution in [1.29, 1.82) is 0 Å². The van der Waals surface area contributed by atoms with Crippen LogP contribution in [0.5, 0.6) is 0 Å². The molecule has 0 bridgehead atoms. The monoisotopic (exact) mass is 338 g/mol. The van der Waals surface area contributed by atoms with Crippen LogP contribution >= 0.6 is 27.5 Å². The van der Waals surface area contributed by atoms with E-state index in [9.17, 15) is 4.39 Å². The van der Waals surface area contributed by atoms with Crippen LogP contribution in [0.3, 0.4) is 0 Å². The number of hydrogen-bond acceptors (Lipinski definition) is 0. The third-order valence-corrected chi connectivity index (χ3v) is 5.02. The van der Waals surface area contributed by atoms with Crippen molar-refractivity contribution >= 4 is 27.5 Å². The van der Waals surface area contributed by atoms with Crippen LogP contribution in [0, 0.1) is 5.82 Å². The molecule has 3 rings (SSSR count). The van der Waals surface area contributed by atoms with Crippen molar-refractivity contribution in [3.8, 4) is 0 Å². The Morgan fingerprint density at radius 3 is 2.47 bits per heavy atom. The molecule has 0 amide bonds. The number of fused-ring (bicyclic) bond motifs is 1.